The van der Waals surface area contributed by atoms with E-state index >= 15 is 0 Å². The van der Waals surface area contributed by atoms with Crippen LogP contribution in [0.1, 0.15) is 52.2 Å². The topological polar surface area (TPSA) is 55.1 Å². The fourth-order valence-corrected chi connectivity index (χ4v) is 4.75. The molecule has 1 aromatic rings. The summed E-state index contributed by atoms with van der Waals surface area (Å²) in [7, 11) is 0. The number of carbonyl (C=O) groups is 1. The average Bonchev–Trinajstić information content (AvgIpc) is 3.03. The molecule has 1 aromatic heterocycles. The second-order valence-electron chi connectivity index (χ2n) is 5.79. The van der Waals surface area contributed by atoms with Gasteiger partial charge in [-0.05, 0) is 50.2 Å². The van der Waals surface area contributed by atoms with Gasteiger partial charge in [-0.3, -0.25) is 4.79 Å². The normalized spacial score (nSPS) is 25.2. The predicted octanol–water partition coefficient (Wildman–Crippen LogP) is 2.81. The highest BCUT2D eigenvalue weighted by Crippen LogP contribution is 2.31. The molecule has 1 fully saturated rings. The number of carbonyl (C=O) groups excluding carboxylic acids is 1. The number of fused-ring (bicyclic) bond motifs is 1. The molecule has 5 heteroatoms. The quantitative estimate of drug-likeness (QED) is 0.844. The summed E-state index contributed by atoms with van der Waals surface area (Å²) in [5.41, 5.74) is 7.14. The second kappa shape index (κ2) is 5.82. The van der Waals surface area contributed by atoms with Gasteiger partial charge in [-0.1, -0.05) is 18.6 Å². The minimum Gasteiger partial charge on any atom is -0.393 e. The number of rotatable bonds is 3. The first-order valence-electron chi connectivity index (χ1n) is 7.37. The molecule has 1 amide bonds. The van der Waals surface area contributed by atoms with Gasteiger partial charge in [0.05, 0.1) is 9.87 Å². The molecule has 2 aliphatic rings. The van der Waals surface area contributed by atoms with Gasteiger partial charge in [0.2, 0.25) is 0 Å². The zero-order valence-electron chi connectivity index (χ0n) is 11.5. The third-order valence-electron chi connectivity index (χ3n) is 4.42. The highest BCUT2D eigenvalue weighted by atomic mass is 32.1. The number of amides is 1. The van der Waals surface area contributed by atoms with E-state index in [1.54, 1.807) is 11.3 Å². The predicted molar refractivity (Wildman–Crippen MR) is 86.3 cm³/mol. The maximum atomic E-state index is 12.4. The Morgan fingerprint density at radius 1 is 1.30 bits per heavy atom. The smallest absolute Gasteiger partial charge is 0.261 e. The van der Waals surface area contributed by atoms with Gasteiger partial charge in [-0.15, -0.1) is 11.3 Å². The summed E-state index contributed by atoms with van der Waals surface area (Å²) in [5, 5.41) is 3.14. The molecule has 1 saturated carbocycles. The number of nitrogens with one attached hydrogen (secondary N) is 1. The van der Waals surface area contributed by atoms with Crippen LogP contribution in [-0.2, 0) is 12.8 Å². The summed E-state index contributed by atoms with van der Waals surface area (Å²) in [6.07, 6.45) is 7.83. The maximum absolute atomic E-state index is 12.4. The van der Waals surface area contributed by atoms with Gasteiger partial charge in [0.25, 0.3) is 5.91 Å². The van der Waals surface area contributed by atoms with E-state index in [0.717, 1.165) is 37.0 Å². The van der Waals surface area contributed by atoms with Crippen LogP contribution in [0.2, 0.25) is 0 Å². The monoisotopic (exact) mass is 308 g/mol. The van der Waals surface area contributed by atoms with Crippen molar-refractivity contribution in [2.24, 2.45) is 11.7 Å². The lowest BCUT2D eigenvalue weighted by atomic mass is 9.99. The first-order valence-corrected chi connectivity index (χ1v) is 8.59. The number of aryl methyl sites for hydroxylation is 2. The van der Waals surface area contributed by atoms with Gasteiger partial charge in [0, 0.05) is 16.8 Å². The molecule has 3 nitrogen and oxygen atoms in total. The molecular formula is C15H20N2OS2. The van der Waals surface area contributed by atoms with Gasteiger partial charge >= 0.3 is 0 Å². The number of hydrogen-bond donors (Lipinski definition) is 2. The lowest BCUT2D eigenvalue weighted by Gasteiger charge is -2.19. The van der Waals surface area contributed by atoms with Crippen molar-refractivity contribution in [1.29, 1.82) is 0 Å². The molecule has 0 spiro atoms. The third kappa shape index (κ3) is 2.74. The SMILES string of the molecule is NC(=S)C1CCCC1NC(=O)c1cc2c(s1)CCCC2. The minimum atomic E-state index is 0.0533. The molecule has 1 heterocycles. The molecule has 108 valence electrons. The zero-order chi connectivity index (χ0) is 14.1. The van der Waals surface area contributed by atoms with Crippen molar-refractivity contribution in [1.82, 2.24) is 5.32 Å². The number of hydrogen-bond acceptors (Lipinski definition) is 3. The van der Waals surface area contributed by atoms with Crippen LogP contribution in [0.3, 0.4) is 0 Å². The lowest BCUT2D eigenvalue weighted by Crippen LogP contribution is -2.41. The van der Waals surface area contributed by atoms with E-state index < -0.39 is 0 Å². The van der Waals surface area contributed by atoms with Crippen LogP contribution >= 0.6 is 23.6 Å². The van der Waals surface area contributed by atoms with E-state index in [9.17, 15) is 4.79 Å². The first kappa shape index (κ1) is 14.0. The highest BCUT2D eigenvalue weighted by Gasteiger charge is 2.31. The Kier molecular flexibility index (Phi) is 4.08. The number of thiophene rings is 1. The first-order chi connectivity index (χ1) is 9.65. The van der Waals surface area contributed by atoms with Crippen LogP contribution in [0, 0.1) is 5.92 Å². The van der Waals surface area contributed by atoms with Gasteiger partial charge in [0.1, 0.15) is 0 Å². The van der Waals surface area contributed by atoms with E-state index in [0.29, 0.717) is 4.99 Å². The average molecular weight is 308 g/mol. The van der Waals surface area contributed by atoms with E-state index in [1.807, 2.05) is 0 Å². The van der Waals surface area contributed by atoms with E-state index in [2.05, 4.69) is 11.4 Å². The van der Waals surface area contributed by atoms with Crippen LogP contribution in [0.4, 0.5) is 0 Å². The van der Waals surface area contributed by atoms with Gasteiger partial charge < -0.3 is 11.1 Å². The van der Waals surface area contributed by atoms with Crippen molar-refractivity contribution in [3.8, 4) is 0 Å². The van der Waals surface area contributed by atoms with Crippen LogP contribution < -0.4 is 11.1 Å². The Balaban J connectivity index is 1.70. The van der Waals surface area contributed by atoms with Crippen molar-refractivity contribution in [3.63, 3.8) is 0 Å². The molecule has 0 aliphatic heterocycles. The Hall–Kier alpha value is -0.940. The summed E-state index contributed by atoms with van der Waals surface area (Å²) in [5.74, 6) is 0.223. The largest absolute Gasteiger partial charge is 0.393 e. The molecular weight excluding hydrogens is 288 g/mol. The van der Waals surface area contributed by atoms with Crippen molar-refractivity contribution in [3.05, 3.63) is 21.4 Å². The molecule has 0 radical (unpaired) electrons. The zero-order valence-corrected chi connectivity index (χ0v) is 13.1. The number of thiocarbonyl (C=S) groups is 1. The highest BCUT2D eigenvalue weighted by molar-refractivity contribution is 7.80. The third-order valence-corrected chi connectivity index (χ3v) is 5.96. The molecule has 0 aromatic carbocycles. The van der Waals surface area contributed by atoms with Crippen LogP contribution in [0.15, 0.2) is 6.07 Å². The van der Waals surface area contributed by atoms with Crippen LogP contribution in [0.25, 0.3) is 0 Å². The standard InChI is InChI=1S/C15H20N2OS2/c16-14(19)10-5-3-6-11(10)17-15(18)13-8-9-4-1-2-7-12(9)20-13/h8,10-11H,1-7H2,(H2,16,19)(H,17,18). The molecule has 2 unspecified atom stereocenters. The van der Waals surface area contributed by atoms with Crippen molar-refractivity contribution in [2.45, 2.75) is 51.0 Å². The van der Waals surface area contributed by atoms with Gasteiger partial charge in [0.15, 0.2) is 0 Å². The van der Waals surface area contributed by atoms with E-state index in [-0.39, 0.29) is 17.9 Å². The molecule has 0 bridgehead atoms. The lowest BCUT2D eigenvalue weighted by molar-refractivity contribution is 0.0938. The summed E-state index contributed by atoms with van der Waals surface area (Å²) < 4.78 is 0. The summed E-state index contributed by atoms with van der Waals surface area (Å²) in [4.78, 5) is 15.2. The number of nitrogens with two attached hydrogens (primary N) is 1. The van der Waals surface area contributed by atoms with Crippen LogP contribution in [0.5, 0.6) is 0 Å². The molecule has 2 aliphatic carbocycles. The second-order valence-corrected chi connectivity index (χ2v) is 7.39. The molecule has 0 saturated heterocycles. The fourth-order valence-electron chi connectivity index (χ4n) is 3.32. The van der Waals surface area contributed by atoms with Gasteiger partial charge in [-0.25, -0.2) is 0 Å². The molecule has 20 heavy (non-hydrogen) atoms. The fraction of sp³-hybridized carbons (Fsp3) is 0.600. The van der Waals surface area contributed by atoms with Crippen LogP contribution in [-0.4, -0.2) is 16.9 Å². The Bertz CT molecular complexity index is 514. The molecule has 2 atom stereocenters. The van der Waals surface area contributed by atoms with E-state index in [1.165, 1.54) is 23.3 Å². The van der Waals surface area contributed by atoms with Crippen molar-refractivity contribution < 1.29 is 4.79 Å². The van der Waals surface area contributed by atoms with Crippen molar-refractivity contribution >= 4 is 34.5 Å². The van der Waals surface area contributed by atoms with E-state index in [4.69, 9.17) is 18.0 Å². The summed E-state index contributed by atoms with van der Waals surface area (Å²) in [6, 6.07) is 2.21. The van der Waals surface area contributed by atoms with Crippen molar-refractivity contribution in [2.75, 3.05) is 0 Å². The maximum Gasteiger partial charge on any atom is 0.261 e. The Labute approximate surface area is 128 Å². The molecule has 3 N–H and O–H groups in total. The Morgan fingerprint density at radius 2 is 2.10 bits per heavy atom. The minimum absolute atomic E-state index is 0.0533. The summed E-state index contributed by atoms with van der Waals surface area (Å²) >= 11 is 6.76. The molecule has 3 rings (SSSR count). The summed E-state index contributed by atoms with van der Waals surface area (Å²) in [6.45, 7) is 0. The Morgan fingerprint density at radius 3 is 2.85 bits per heavy atom. The van der Waals surface area contributed by atoms with Gasteiger partial charge in [-0.2, -0.15) is 0 Å².